The number of rotatable bonds is 0. The van der Waals surface area contributed by atoms with Crippen LogP contribution in [0.3, 0.4) is 0 Å². The van der Waals surface area contributed by atoms with Crippen molar-refractivity contribution in [3.05, 3.63) is 0 Å². The predicted molar refractivity (Wildman–Crippen MR) is 29.3 cm³/mol. The molecule has 1 nitrogen and oxygen atoms in total. The number of aliphatic hydroxyl groups is 1. The van der Waals surface area contributed by atoms with E-state index in [1.165, 1.54) is 19.3 Å². The molecule has 3 aliphatic carbocycles. The smallest absolute Gasteiger partial charge is 0.0732 e. The molecule has 0 saturated heterocycles. The SMILES string of the molecule is OC12C3CC1CC2C3. The summed E-state index contributed by atoms with van der Waals surface area (Å²) in [6.07, 6.45) is 4.02. The van der Waals surface area contributed by atoms with E-state index in [1.54, 1.807) is 0 Å². The summed E-state index contributed by atoms with van der Waals surface area (Å²) in [6.45, 7) is 0. The third kappa shape index (κ3) is 0.163. The minimum absolute atomic E-state index is 0.0833. The van der Waals surface area contributed by atoms with Gasteiger partial charge in [-0.2, -0.15) is 0 Å². The Labute approximate surface area is 48.7 Å². The zero-order valence-electron chi connectivity index (χ0n) is 4.80. The fourth-order valence-corrected chi connectivity index (χ4v) is 2.97. The van der Waals surface area contributed by atoms with Crippen LogP contribution < -0.4 is 0 Å². The maximum Gasteiger partial charge on any atom is 0.0732 e. The van der Waals surface area contributed by atoms with Gasteiger partial charge in [0.2, 0.25) is 0 Å². The summed E-state index contributed by atoms with van der Waals surface area (Å²) in [4.78, 5) is 0. The lowest BCUT2D eigenvalue weighted by molar-refractivity contribution is -0.335. The molecule has 0 aromatic heterocycles. The summed E-state index contributed by atoms with van der Waals surface area (Å²) < 4.78 is 0. The highest BCUT2D eigenvalue weighted by Crippen LogP contribution is 2.72. The molecule has 0 amide bonds. The molecule has 0 spiro atoms. The van der Waals surface area contributed by atoms with Crippen LogP contribution in [-0.2, 0) is 0 Å². The monoisotopic (exact) mass is 110 g/mol. The first-order valence-corrected chi connectivity index (χ1v) is 3.54. The van der Waals surface area contributed by atoms with Gasteiger partial charge in [0.1, 0.15) is 0 Å². The number of hydrogen-bond donors (Lipinski definition) is 1. The van der Waals surface area contributed by atoms with Crippen molar-refractivity contribution in [2.45, 2.75) is 24.9 Å². The third-order valence-electron chi connectivity index (χ3n) is 3.67. The molecule has 0 heterocycles. The highest BCUT2D eigenvalue weighted by atomic mass is 16.3. The molecule has 0 unspecified atom stereocenters. The van der Waals surface area contributed by atoms with E-state index in [-0.39, 0.29) is 5.60 Å². The topological polar surface area (TPSA) is 20.2 Å². The van der Waals surface area contributed by atoms with Crippen LogP contribution in [0.15, 0.2) is 0 Å². The van der Waals surface area contributed by atoms with E-state index >= 15 is 0 Å². The van der Waals surface area contributed by atoms with E-state index < -0.39 is 0 Å². The third-order valence-corrected chi connectivity index (χ3v) is 3.67. The van der Waals surface area contributed by atoms with Gasteiger partial charge in [0.15, 0.2) is 0 Å². The van der Waals surface area contributed by atoms with Gasteiger partial charge >= 0.3 is 0 Å². The first-order chi connectivity index (χ1) is 3.82. The molecular weight excluding hydrogens is 100 g/mol. The molecule has 3 aliphatic rings. The summed E-state index contributed by atoms with van der Waals surface area (Å²) in [5.41, 5.74) is -0.0833. The Hall–Kier alpha value is -0.0400. The molecule has 44 valence electrons. The Kier molecular flexibility index (Phi) is 0.372. The Morgan fingerprint density at radius 2 is 1.38 bits per heavy atom. The number of hydrogen-bond acceptors (Lipinski definition) is 1. The molecule has 0 aromatic carbocycles. The summed E-state index contributed by atoms with van der Waals surface area (Å²) in [6, 6.07) is 0. The molecule has 3 saturated carbocycles. The minimum Gasteiger partial charge on any atom is -0.389 e. The van der Waals surface area contributed by atoms with Crippen molar-refractivity contribution in [1.82, 2.24) is 0 Å². The maximum absolute atomic E-state index is 9.59. The Morgan fingerprint density at radius 3 is 1.38 bits per heavy atom. The van der Waals surface area contributed by atoms with E-state index in [0.29, 0.717) is 0 Å². The van der Waals surface area contributed by atoms with Crippen LogP contribution in [0.5, 0.6) is 0 Å². The van der Waals surface area contributed by atoms with Gasteiger partial charge in [0, 0.05) is 0 Å². The minimum atomic E-state index is -0.0833. The lowest BCUT2D eigenvalue weighted by atomic mass is 9.33. The zero-order chi connectivity index (χ0) is 5.35. The van der Waals surface area contributed by atoms with Gasteiger partial charge in [-0.25, -0.2) is 0 Å². The molecule has 3 rings (SSSR count). The summed E-state index contributed by atoms with van der Waals surface area (Å²) in [7, 11) is 0. The fraction of sp³-hybridized carbons (Fsp3) is 1.00. The second-order valence-corrected chi connectivity index (χ2v) is 3.69. The van der Waals surface area contributed by atoms with Crippen LogP contribution in [0, 0.1) is 17.8 Å². The van der Waals surface area contributed by atoms with Crippen molar-refractivity contribution in [2.24, 2.45) is 17.8 Å². The van der Waals surface area contributed by atoms with Gasteiger partial charge in [0.25, 0.3) is 0 Å². The second kappa shape index (κ2) is 0.766. The van der Waals surface area contributed by atoms with Gasteiger partial charge in [-0.15, -0.1) is 0 Å². The van der Waals surface area contributed by atoms with E-state index in [4.69, 9.17) is 0 Å². The first-order valence-electron chi connectivity index (χ1n) is 3.54. The van der Waals surface area contributed by atoms with E-state index in [9.17, 15) is 5.11 Å². The van der Waals surface area contributed by atoms with Crippen molar-refractivity contribution in [2.75, 3.05) is 0 Å². The van der Waals surface area contributed by atoms with Gasteiger partial charge in [-0.1, -0.05) is 0 Å². The van der Waals surface area contributed by atoms with Crippen molar-refractivity contribution in [1.29, 1.82) is 0 Å². The highest BCUT2D eigenvalue weighted by molar-refractivity contribution is 5.23. The second-order valence-electron chi connectivity index (χ2n) is 3.69. The lowest BCUT2D eigenvalue weighted by Crippen LogP contribution is -2.76. The van der Waals surface area contributed by atoms with Gasteiger partial charge in [-0.05, 0) is 37.0 Å². The molecule has 0 atom stereocenters. The zero-order valence-corrected chi connectivity index (χ0v) is 4.80. The molecule has 0 aromatic rings. The van der Waals surface area contributed by atoms with Crippen molar-refractivity contribution < 1.29 is 5.11 Å². The van der Waals surface area contributed by atoms with Crippen molar-refractivity contribution in [3.63, 3.8) is 0 Å². The van der Waals surface area contributed by atoms with E-state index in [1.807, 2.05) is 0 Å². The molecule has 0 aliphatic heterocycles. The van der Waals surface area contributed by atoms with Gasteiger partial charge in [0.05, 0.1) is 5.60 Å². The van der Waals surface area contributed by atoms with Crippen molar-refractivity contribution in [3.8, 4) is 0 Å². The fourth-order valence-electron chi connectivity index (χ4n) is 2.97. The van der Waals surface area contributed by atoms with E-state index in [2.05, 4.69) is 0 Å². The summed E-state index contributed by atoms with van der Waals surface area (Å²) in [5, 5.41) is 9.59. The molecule has 1 heteroatoms. The van der Waals surface area contributed by atoms with Crippen LogP contribution in [0.25, 0.3) is 0 Å². The normalized spacial score (nSPS) is 73.9. The largest absolute Gasteiger partial charge is 0.389 e. The first kappa shape index (κ1) is 3.89. The maximum atomic E-state index is 9.59. The predicted octanol–water partition coefficient (Wildman–Crippen LogP) is 0.777. The lowest BCUT2D eigenvalue weighted by Gasteiger charge is -2.74. The van der Waals surface area contributed by atoms with Crippen LogP contribution in [0.4, 0.5) is 0 Å². The van der Waals surface area contributed by atoms with Gasteiger partial charge in [-0.3, -0.25) is 0 Å². The molecular formula is C7H10O. The van der Waals surface area contributed by atoms with Crippen LogP contribution >= 0.6 is 0 Å². The molecule has 0 radical (unpaired) electrons. The Bertz CT molecular complexity index is 120. The quantitative estimate of drug-likeness (QED) is 0.488. The van der Waals surface area contributed by atoms with Crippen LogP contribution in [0.1, 0.15) is 19.3 Å². The molecule has 3 fully saturated rings. The van der Waals surface area contributed by atoms with E-state index in [0.717, 1.165) is 17.8 Å². The summed E-state index contributed by atoms with van der Waals surface area (Å²) in [5.74, 6) is 2.23. The molecule has 8 heavy (non-hydrogen) atoms. The van der Waals surface area contributed by atoms with Crippen LogP contribution in [0.2, 0.25) is 0 Å². The average Bonchev–Trinajstić information content (AvgIpc) is 1.90. The molecule has 0 bridgehead atoms. The average molecular weight is 110 g/mol. The highest BCUT2D eigenvalue weighted by Gasteiger charge is 2.73. The summed E-state index contributed by atoms with van der Waals surface area (Å²) >= 11 is 0. The van der Waals surface area contributed by atoms with Crippen LogP contribution in [-0.4, -0.2) is 10.7 Å². The molecule has 1 N–H and O–H groups in total. The Balaban J connectivity index is 2.04. The van der Waals surface area contributed by atoms with Crippen molar-refractivity contribution >= 4 is 0 Å². The standard InChI is InChI=1S/C7H10O/c8-7-4-1-5(7)3-6(7)2-4/h4-6,8H,1-3H2. The van der Waals surface area contributed by atoms with Gasteiger partial charge < -0.3 is 5.11 Å². The Morgan fingerprint density at radius 1 is 1.00 bits per heavy atom.